The van der Waals surface area contributed by atoms with Crippen LogP contribution >= 0.6 is 0 Å². The molecule has 2 aliphatic rings. The van der Waals surface area contributed by atoms with Gasteiger partial charge in [-0.05, 0) is 62.6 Å². The number of rotatable bonds is 6. The molecule has 2 amide bonds. The van der Waals surface area contributed by atoms with Crippen molar-refractivity contribution in [1.29, 1.82) is 0 Å². The third-order valence-electron chi connectivity index (χ3n) is 7.57. The van der Waals surface area contributed by atoms with Crippen molar-refractivity contribution in [2.45, 2.75) is 70.6 Å². The summed E-state index contributed by atoms with van der Waals surface area (Å²) in [7, 11) is 1.63. The van der Waals surface area contributed by atoms with Crippen molar-refractivity contribution >= 4 is 11.8 Å². The van der Waals surface area contributed by atoms with Crippen LogP contribution in [0.5, 0.6) is 5.75 Å². The lowest BCUT2D eigenvalue weighted by Crippen LogP contribution is -2.64. The van der Waals surface area contributed by atoms with Crippen LogP contribution in [-0.2, 0) is 17.9 Å². The summed E-state index contributed by atoms with van der Waals surface area (Å²) >= 11 is 0. The van der Waals surface area contributed by atoms with Gasteiger partial charge in [-0.25, -0.2) is 0 Å². The highest BCUT2D eigenvalue weighted by molar-refractivity contribution is 6.00. The van der Waals surface area contributed by atoms with Gasteiger partial charge < -0.3 is 15.0 Å². The molecule has 188 valence electrons. The molecule has 0 unspecified atom stereocenters. The molecule has 1 aromatic heterocycles. The summed E-state index contributed by atoms with van der Waals surface area (Å²) in [5.41, 5.74) is 3.18. The van der Waals surface area contributed by atoms with Gasteiger partial charge in [-0.3, -0.25) is 14.3 Å². The van der Waals surface area contributed by atoms with E-state index in [1.54, 1.807) is 16.7 Å². The minimum atomic E-state index is -1.06. The highest BCUT2D eigenvalue weighted by Gasteiger charge is 2.48. The predicted octanol–water partition coefficient (Wildman–Crippen LogP) is 4.73. The van der Waals surface area contributed by atoms with E-state index in [1.165, 1.54) is 6.42 Å². The maximum absolute atomic E-state index is 13.9. The highest BCUT2D eigenvalue weighted by atomic mass is 16.5. The van der Waals surface area contributed by atoms with E-state index < -0.39 is 5.54 Å². The van der Waals surface area contributed by atoms with E-state index in [4.69, 9.17) is 9.84 Å². The molecule has 5 rings (SSSR count). The smallest absolute Gasteiger partial charge is 0.273 e. The molecule has 1 aliphatic carbocycles. The van der Waals surface area contributed by atoms with Crippen LogP contribution in [-0.4, -0.2) is 45.2 Å². The zero-order chi connectivity index (χ0) is 25.3. The molecule has 7 heteroatoms. The van der Waals surface area contributed by atoms with E-state index in [0.717, 1.165) is 48.1 Å². The normalized spacial score (nSPS) is 20.2. The Kier molecular flexibility index (Phi) is 6.56. The lowest BCUT2D eigenvalue weighted by atomic mass is 9.91. The fourth-order valence-corrected chi connectivity index (χ4v) is 5.26. The fourth-order valence-electron chi connectivity index (χ4n) is 5.26. The first-order valence-electron chi connectivity index (χ1n) is 12.8. The van der Waals surface area contributed by atoms with E-state index in [2.05, 4.69) is 5.32 Å². The van der Waals surface area contributed by atoms with Gasteiger partial charge >= 0.3 is 0 Å². The van der Waals surface area contributed by atoms with E-state index in [-0.39, 0.29) is 17.9 Å². The third-order valence-corrected chi connectivity index (χ3v) is 7.57. The maximum Gasteiger partial charge on any atom is 0.273 e. The van der Waals surface area contributed by atoms with Gasteiger partial charge in [-0.2, -0.15) is 5.10 Å². The zero-order valence-electron chi connectivity index (χ0n) is 21.3. The minimum absolute atomic E-state index is 0.109. The molecule has 1 fully saturated rings. The highest BCUT2D eigenvalue weighted by Crippen LogP contribution is 2.32. The van der Waals surface area contributed by atoms with Gasteiger partial charge in [-0.1, -0.05) is 49.1 Å². The molecule has 0 spiro atoms. The molecule has 0 saturated heterocycles. The first-order valence-corrected chi connectivity index (χ1v) is 12.8. The number of nitrogens with one attached hydrogen (secondary N) is 1. The second kappa shape index (κ2) is 9.80. The van der Waals surface area contributed by atoms with Gasteiger partial charge in [0.25, 0.3) is 5.91 Å². The summed E-state index contributed by atoms with van der Waals surface area (Å²) in [6.45, 7) is 4.57. The number of carbonyl (C=O) groups is 2. The monoisotopic (exact) mass is 486 g/mol. The van der Waals surface area contributed by atoms with Gasteiger partial charge in [0.15, 0.2) is 0 Å². The molecule has 36 heavy (non-hydrogen) atoms. The van der Waals surface area contributed by atoms with E-state index >= 15 is 0 Å². The summed E-state index contributed by atoms with van der Waals surface area (Å²) in [5, 5.41) is 8.02. The van der Waals surface area contributed by atoms with Crippen LogP contribution in [0.2, 0.25) is 0 Å². The minimum Gasteiger partial charge on any atom is -0.497 e. The second-order valence-electron chi connectivity index (χ2n) is 10.3. The summed E-state index contributed by atoms with van der Waals surface area (Å²) < 4.78 is 6.97. The largest absolute Gasteiger partial charge is 0.497 e. The number of fused-ring (bicyclic) bond motifs is 1. The summed E-state index contributed by atoms with van der Waals surface area (Å²) in [6.07, 6.45) is 5.45. The Morgan fingerprint density at radius 1 is 1.08 bits per heavy atom. The Morgan fingerprint density at radius 3 is 2.44 bits per heavy atom. The van der Waals surface area contributed by atoms with Crippen LogP contribution in [0.3, 0.4) is 0 Å². The van der Waals surface area contributed by atoms with Crippen molar-refractivity contribution in [3.05, 3.63) is 71.4 Å². The molecular weight excluding hydrogens is 452 g/mol. The summed E-state index contributed by atoms with van der Waals surface area (Å²) in [6, 6.07) is 17.7. The van der Waals surface area contributed by atoms with Gasteiger partial charge in [0.1, 0.15) is 17.0 Å². The molecule has 2 aromatic carbocycles. The van der Waals surface area contributed by atoms with Crippen molar-refractivity contribution < 1.29 is 14.3 Å². The van der Waals surface area contributed by atoms with E-state index in [0.29, 0.717) is 24.5 Å². The number of nitrogens with zero attached hydrogens (tertiary/aromatic N) is 3. The number of aryl methyl sites for hydroxylation is 1. The fraction of sp³-hybridized carbons (Fsp3) is 0.414. The first kappa shape index (κ1) is 24.1. The van der Waals surface area contributed by atoms with Crippen LogP contribution < -0.4 is 10.1 Å². The van der Waals surface area contributed by atoms with E-state index in [1.807, 2.05) is 68.4 Å². The Morgan fingerprint density at radius 2 is 1.78 bits per heavy atom. The Hall–Kier alpha value is -3.61. The molecule has 7 nitrogen and oxygen atoms in total. The lowest BCUT2D eigenvalue weighted by Gasteiger charge is -2.44. The standard InChI is InChI=1S/C29H34N4O3/c1-20-9-11-21(12-10-20)18-32-27(34)26-17-25(22-13-15-24(36-3)16-14-22)31-33(26)19-29(32,2)28(35)30-23-7-5-4-6-8-23/h9-17,23H,4-8,18-19H2,1-3H3,(H,30,35)/t29-/m0/s1. The average molecular weight is 487 g/mol. The number of aromatic nitrogens is 2. The van der Waals surface area contributed by atoms with Crippen molar-refractivity contribution in [2.75, 3.05) is 7.11 Å². The average Bonchev–Trinajstić information content (AvgIpc) is 3.32. The number of hydrogen-bond donors (Lipinski definition) is 1. The maximum atomic E-state index is 13.9. The van der Waals surface area contributed by atoms with Crippen LogP contribution in [0.15, 0.2) is 54.6 Å². The molecule has 1 atom stereocenters. The van der Waals surface area contributed by atoms with Gasteiger partial charge in [0.05, 0.1) is 19.3 Å². The van der Waals surface area contributed by atoms with Crippen LogP contribution in [0.25, 0.3) is 11.3 Å². The van der Waals surface area contributed by atoms with Crippen molar-refractivity contribution in [1.82, 2.24) is 20.0 Å². The number of methoxy groups -OCH3 is 1. The molecule has 0 radical (unpaired) electrons. The van der Waals surface area contributed by atoms with E-state index in [9.17, 15) is 9.59 Å². The number of ether oxygens (including phenoxy) is 1. The molecule has 1 aliphatic heterocycles. The van der Waals surface area contributed by atoms with Crippen molar-refractivity contribution in [2.24, 2.45) is 0 Å². The zero-order valence-corrected chi connectivity index (χ0v) is 21.3. The molecule has 3 aromatic rings. The van der Waals surface area contributed by atoms with Crippen molar-refractivity contribution in [3.8, 4) is 17.0 Å². The SMILES string of the molecule is COc1ccc(-c2cc3n(n2)C[C@@](C)(C(=O)NC2CCCCC2)N(Cc2ccc(C)cc2)C3=O)cc1. The Balaban J connectivity index is 1.49. The molecular formula is C29H34N4O3. The van der Waals surface area contributed by atoms with Gasteiger partial charge in [-0.15, -0.1) is 0 Å². The Labute approximate surface area is 212 Å². The molecule has 0 bridgehead atoms. The van der Waals surface area contributed by atoms with Crippen LogP contribution in [0.4, 0.5) is 0 Å². The number of carbonyl (C=O) groups excluding carboxylic acids is 2. The quantitative estimate of drug-likeness (QED) is 0.547. The first-order chi connectivity index (χ1) is 17.4. The van der Waals surface area contributed by atoms with Crippen LogP contribution in [0.1, 0.15) is 60.6 Å². The van der Waals surface area contributed by atoms with Gasteiger partial charge in [0.2, 0.25) is 5.91 Å². The predicted molar refractivity (Wildman–Crippen MR) is 139 cm³/mol. The third kappa shape index (κ3) is 4.62. The summed E-state index contributed by atoms with van der Waals surface area (Å²) in [5.74, 6) is 0.465. The number of amides is 2. The lowest BCUT2D eigenvalue weighted by molar-refractivity contribution is -0.134. The molecule has 1 saturated carbocycles. The second-order valence-corrected chi connectivity index (χ2v) is 10.3. The summed E-state index contributed by atoms with van der Waals surface area (Å²) in [4.78, 5) is 29.4. The molecule has 2 heterocycles. The molecule has 1 N–H and O–H groups in total. The van der Waals surface area contributed by atoms with Crippen molar-refractivity contribution in [3.63, 3.8) is 0 Å². The number of benzene rings is 2. The Bertz CT molecular complexity index is 1240. The van der Waals surface area contributed by atoms with Crippen LogP contribution in [0, 0.1) is 6.92 Å². The topological polar surface area (TPSA) is 76.5 Å². The van der Waals surface area contributed by atoms with Gasteiger partial charge in [0, 0.05) is 18.2 Å². The number of hydrogen-bond acceptors (Lipinski definition) is 4.